The highest BCUT2D eigenvalue weighted by molar-refractivity contribution is 6.30. The molecule has 1 N–H and O–H groups in total. The largest absolute Gasteiger partial charge is 0.369 e. The van der Waals surface area contributed by atoms with Crippen LogP contribution in [0.1, 0.15) is 5.56 Å². The lowest BCUT2D eigenvalue weighted by Gasteiger charge is -2.09. The van der Waals surface area contributed by atoms with Gasteiger partial charge in [-0.2, -0.15) is 0 Å². The molecule has 0 fully saturated rings. The van der Waals surface area contributed by atoms with Gasteiger partial charge in [-0.25, -0.2) is 14.4 Å². The Morgan fingerprint density at radius 1 is 0.875 bits per heavy atom. The second-order valence-corrected chi connectivity index (χ2v) is 7.92. The number of anilines is 1. The number of rotatable bonds is 6. The smallest absolute Gasteiger partial charge is 0.150 e. The molecule has 2 aromatic heterocycles. The molecule has 5 aromatic rings. The Bertz CT molecular complexity index is 1350. The highest BCUT2D eigenvalue weighted by Crippen LogP contribution is 2.35. The molecule has 0 saturated carbocycles. The van der Waals surface area contributed by atoms with Gasteiger partial charge in [0, 0.05) is 29.0 Å². The van der Waals surface area contributed by atoms with Gasteiger partial charge >= 0.3 is 0 Å². The second kappa shape index (κ2) is 8.81. The van der Waals surface area contributed by atoms with E-state index < -0.39 is 0 Å². The zero-order valence-electron chi connectivity index (χ0n) is 17.2. The number of fused-ring (bicyclic) bond motifs is 1. The fourth-order valence-electron chi connectivity index (χ4n) is 3.81. The van der Waals surface area contributed by atoms with Gasteiger partial charge in [0.15, 0.2) is 5.65 Å². The third kappa shape index (κ3) is 4.07. The number of halogens is 2. The number of hydrogen-bond donors (Lipinski definition) is 1. The van der Waals surface area contributed by atoms with E-state index in [1.807, 2.05) is 53.2 Å². The van der Waals surface area contributed by atoms with E-state index in [1.165, 1.54) is 17.7 Å². The van der Waals surface area contributed by atoms with Crippen molar-refractivity contribution in [2.45, 2.75) is 6.42 Å². The summed E-state index contributed by atoms with van der Waals surface area (Å²) in [6.45, 7) is 0.712. The molecule has 0 atom stereocenters. The van der Waals surface area contributed by atoms with Crippen molar-refractivity contribution in [1.29, 1.82) is 0 Å². The molecule has 158 valence electrons. The third-order valence-electron chi connectivity index (χ3n) is 5.39. The zero-order chi connectivity index (χ0) is 21.9. The van der Waals surface area contributed by atoms with Gasteiger partial charge in [-0.15, -0.1) is 0 Å². The average molecular weight is 443 g/mol. The van der Waals surface area contributed by atoms with Crippen LogP contribution in [0, 0.1) is 5.82 Å². The second-order valence-electron chi connectivity index (χ2n) is 7.48. The van der Waals surface area contributed by atoms with Crippen molar-refractivity contribution in [3.8, 4) is 16.8 Å². The van der Waals surface area contributed by atoms with Crippen molar-refractivity contribution >= 4 is 28.5 Å². The first-order valence-corrected chi connectivity index (χ1v) is 10.7. The van der Waals surface area contributed by atoms with Crippen LogP contribution in [-0.4, -0.2) is 21.1 Å². The molecule has 5 rings (SSSR count). The molecule has 0 aliphatic rings. The molecule has 0 radical (unpaired) electrons. The minimum Gasteiger partial charge on any atom is -0.369 e. The summed E-state index contributed by atoms with van der Waals surface area (Å²) in [6, 6.07) is 24.4. The Morgan fingerprint density at radius 3 is 2.38 bits per heavy atom. The van der Waals surface area contributed by atoms with Crippen molar-refractivity contribution in [3.05, 3.63) is 108 Å². The monoisotopic (exact) mass is 442 g/mol. The lowest BCUT2D eigenvalue weighted by Crippen LogP contribution is -2.07. The van der Waals surface area contributed by atoms with Crippen molar-refractivity contribution < 1.29 is 4.39 Å². The maximum Gasteiger partial charge on any atom is 0.150 e. The molecule has 0 saturated heterocycles. The van der Waals surface area contributed by atoms with Crippen molar-refractivity contribution in [3.63, 3.8) is 0 Å². The van der Waals surface area contributed by atoms with E-state index in [-0.39, 0.29) is 5.82 Å². The lowest BCUT2D eigenvalue weighted by atomic mass is 10.1. The molecule has 32 heavy (non-hydrogen) atoms. The molecule has 0 unspecified atom stereocenters. The molecular weight excluding hydrogens is 423 g/mol. The van der Waals surface area contributed by atoms with Crippen LogP contribution in [-0.2, 0) is 6.42 Å². The molecule has 0 aliphatic heterocycles. The Morgan fingerprint density at radius 2 is 1.62 bits per heavy atom. The number of benzene rings is 3. The zero-order valence-corrected chi connectivity index (χ0v) is 17.9. The van der Waals surface area contributed by atoms with Crippen molar-refractivity contribution in [2.75, 3.05) is 11.9 Å². The van der Waals surface area contributed by atoms with E-state index in [1.54, 1.807) is 18.5 Å². The van der Waals surface area contributed by atoms with Gasteiger partial charge in [0.05, 0.1) is 5.39 Å². The molecule has 0 aliphatic carbocycles. The van der Waals surface area contributed by atoms with Crippen LogP contribution in [0.15, 0.2) is 91.4 Å². The van der Waals surface area contributed by atoms with Gasteiger partial charge in [0.2, 0.25) is 0 Å². The van der Waals surface area contributed by atoms with Crippen LogP contribution in [0.25, 0.3) is 27.8 Å². The fraction of sp³-hybridized carbons (Fsp3) is 0.0769. The molecule has 0 spiro atoms. The minimum absolute atomic E-state index is 0.271. The topological polar surface area (TPSA) is 42.7 Å². The summed E-state index contributed by atoms with van der Waals surface area (Å²) in [5, 5.41) is 5.14. The van der Waals surface area contributed by atoms with Crippen molar-refractivity contribution in [2.24, 2.45) is 0 Å². The van der Waals surface area contributed by atoms with Gasteiger partial charge in [0.25, 0.3) is 0 Å². The molecule has 0 amide bonds. The number of hydrogen-bond acceptors (Lipinski definition) is 3. The predicted octanol–water partition coefficient (Wildman–Crippen LogP) is 6.53. The predicted molar refractivity (Wildman–Crippen MR) is 128 cm³/mol. The first kappa shape index (κ1) is 20.2. The Balaban J connectivity index is 1.56. The maximum atomic E-state index is 13.5. The van der Waals surface area contributed by atoms with Gasteiger partial charge in [-0.3, -0.25) is 0 Å². The summed E-state index contributed by atoms with van der Waals surface area (Å²) >= 11 is 5.99. The van der Waals surface area contributed by atoms with Crippen LogP contribution >= 0.6 is 11.6 Å². The fourth-order valence-corrected chi connectivity index (χ4v) is 3.93. The highest BCUT2D eigenvalue weighted by Gasteiger charge is 2.17. The van der Waals surface area contributed by atoms with E-state index >= 15 is 0 Å². The maximum absolute atomic E-state index is 13.5. The third-order valence-corrected chi connectivity index (χ3v) is 5.64. The van der Waals surface area contributed by atoms with Crippen LogP contribution in [0.2, 0.25) is 5.02 Å². The van der Waals surface area contributed by atoms with Gasteiger partial charge < -0.3 is 9.88 Å². The van der Waals surface area contributed by atoms with E-state index in [0.29, 0.717) is 6.54 Å². The van der Waals surface area contributed by atoms with Crippen LogP contribution < -0.4 is 5.32 Å². The summed E-state index contributed by atoms with van der Waals surface area (Å²) < 4.78 is 15.5. The highest BCUT2D eigenvalue weighted by atomic mass is 35.5. The normalized spacial score (nSPS) is 11.1. The average Bonchev–Trinajstić information content (AvgIpc) is 3.22. The van der Waals surface area contributed by atoms with Crippen molar-refractivity contribution in [1.82, 2.24) is 14.5 Å². The summed E-state index contributed by atoms with van der Waals surface area (Å²) in [6.07, 6.45) is 4.43. The van der Waals surface area contributed by atoms with Crippen LogP contribution in [0.4, 0.5) is 10.2 Å². The number of aromatic nitrogens is 3. The summed E-state index contributed by atoms with van der Waals surface area (Å²) in [5.41, 5.74) is 4.87. The first-order chi connectivity index (χ1) is 15.7. The summed E-state index contributed by atoms with van der Waals surface area (Å²) in [4.78, 5) is 9.11. The quantitative estimate of drug-likeness (QED) is 0.325. The Kier molecular flexibility index (Phi) is 5.57. The number of nitrogens with one attached hydrogen (secondary N) is 1. The van der Waals surface area contributed by atoms with Crippen LogP contribution in [0.3, 0.4) is 0 Å². The van der Waals surface area contributed by atoms with Gasteiger partial charge in [-0.1, -0.05) is 54.1 Å². The summed E-state index contributed by atoms with van der Waals surface area (Å²) in [5.74, 6) is 0.497. The number of nitrogens with zero attached hydrogens (tertiary/aromatic N) is 3. The molecule has 0 bridgehead atoms. The molecular formula is C26H20ClFN4. The molecule has 6 heteroatoms. The molecule has 4 nitrogen and oxygen atoms in total. The molecule has 3 aromatic carbocycles. The van der Waals surface area contributed by atoms with Gasteiger partial charge in [-0.05, 0) is 53.9 Å². The van der Waals surface area contributed by atoms with E-state index in [2.05, 4.69) is 27.4 Å². The first-order valence-electron chi connectivity index (χ1n) is 10.3. The molecule has 2 heterocycles. The standard InChI is InChI=1S/C26H20ClFN4/c27-20-8-6-18(7-9-20)14-15-29-25-24-23(19-4-2-1-3-5-19)16-32(26(24)31-17-30-25)22-12-10-21(28)11-13-22/h1-13,16-17H,14-15H2,(H,29,30,31). The van der Waals surface area contributed by atoms with E-state index in [0.717, 1.165) is 45.1 Å². The minimum atomic E-state index is -0.271. The van der Waals surface area contributed by atoms with E-state index in [4.69, 9.17) is 11.6 Å². The lowest BCUT2D eigenvalue weighted by molar-refractivity contribution is 0.627. The van der Waals surface area contributed by atoms with E-state index in [9.17, 15) is 4.39 Å². The Labute approximate surface area is 190 Å². The summed E-state index contributed by atoms with van der Waals surface area (Å²) in [7, 11) is 0. The van der Waals surface area contributed by atoms with Gasteiger partial charge in [0.1, 0.15) is 18.0 Å². The SMILES string of the molecule is Fc1ccc(-n2cc(-c3ccccc3)c3c(NCCc4ccc(Cl)cc4)ncnc32)cc1. The van der Waals surface area contributed by atoms with Crippen LogP contribution in [0.5, 0.6) is 0 Å². The Hall–Kier alpha value is -3.70.